The van der Waals surface area contributed by atoms with Crippen LogP contribution in [0.1, 0.15) is 49.9 Å². The number of hydrogen-bond acceptors (Lipinski definition) is 3. The highest BCUT2D eigenvalue weighted by Crippen LogP contribution is 2.22. The monoisotopic (exact) mass is 292 g/mol. The molecule has 1 fully saturated rings. The van der Waals surface area contributed by atoms with Crippen LogP contribution in [0.2, 0.25) is 0 Å². The summed E-state index contributed by atoms with van der Waals surface area (Å²) in [5.41, 5.74) is 8.34. The molecular formula is C16H28N4O. The summed E-state index contributed by atoms with van der Waals surface area (Å²) in [6.07, 6.45) is 6.29. The van der Waals surface area contributed by atoms with Crippen molar-refractivity contribution in [2.45, 2.75) is 65.0 Å². The number of amides is 1. The fraction of sp³-hybridized carbons (Fsp3) is 0.750. The zero-order valence-electron chi connectivity index (χ0n) is 13.3. The number of carbonyl (C=O) groups excluding carboxylic acids is 1. The Morgan fingerprint density at radius 2 is 2.14 bits per heavy atom. The molecular weight excluding hydrogens is 264 g/mol. The van der Waals surface area contributed by atoms with Gasteiger partial charge in [-0.3, -0.25) is 9.48 Å². The van der Waals surface area contributed by atoms with Gasteiger partial charge in [-0.2, -0.15) is 5.10 Å². The fourth-order valence-corrected chi connectivity index (χ4v) is 3.13. The Morgan fingerprint density at radius 1 is 1.38 bits per heavy atom. The van der Waals surface area contributed by atoms with Crippen molar-refractivity contribution in [2.24, 2.45) is 11.7 Å². The molecule has 5 nitrogen and oxygen atoms in total. The molecule has 0 bridgehead atoms. The minimum absolute atomic E-state index is 0.00110. The van der Waals surface area contributed by atoms with E-state index < -0.39 is 0 Å². The Morgan fingerprint density at radius 3 is 2.86 bits per heavy atom. The van der Waals surface area contributed by atoms with E-state index in [-0.39, 0.29) is 17.9 Å². The maximum Gasteiger partial charge on any atom is 0.224 e. The van der Waals surface area contributed by atoms with E-state index >= 15 is 0 Å². The molecule has 118 valence electrons. The Kier molecular flexibility index (Phi) is 5.79. The van der Waals surface area contributed by atoms with Crippen LogP contribution < -0.4 is 11.1 Å². The van der Waals surface area contributed by atoms with E-state index in [0.29, 0.717) is 6.54 Å². The predicted molar refractivity (Wildman–Crippen MR) is 83.9 cm³/mol. The highest BCUT2D eigenvalue weighted by molar-refractivity contribution is 5.79. The molecule has 2 unspecified atom stereocenters. The molecule has 1 amide bonds. The average molecular weight is 292 g/mol. The molecule has 2 rings (SSSR count). The maximum absolute atomic E-state index is 12.2. The summed E-state index contributed by atoms with van der Waals surface area (Å²) in [7, 11) is 0. The fourth-order valence-electron chi connectivity index (χ4n) is 3.13. The van der Waals surface area contributed by atoms with Crippen LogP contribution in [0.4, 0.5) is 0 Å². The molecule has 1 aromatic heterocycles. The summed E-state index contributed by atoms with van der Waals surface area (Å²) in [6, 6.07) is 2.10. The van der Waals surface area contributed by atoms with Gasteiger partial charge in [0, 0.05) is 24.8 Å². The summed E-state index contributed by atoms with van der Waals surface area (Å²) >= 11 is 0. The number of aryl methyl sites for hydroxylation is 3. The van der Waals surface area contributed by atoms with Gasteiger partial charge in [0.25, 0.3) is 0 Å². The Balaban J connectivity index is 1.72. The number of nitrogens with one attached hydrogen (secondary N) is 1. The molecule has 2 atom stereocenters. The van der Waals surface area contributed by atoms with Crippen LogP contribution in [0.25, 0.3) is 0 Å². The highest BCUT2D eigenvalue weighted by atomic mass is 16.1. The first-order chi connectivity index (χ1) is 10.1. The first-order valence-electron chi connectivity index (χ1n) is 8.12. The molecule has 1 aliphatic carbocycles. The molecule has 0 aromatic carbocycles. The van der Waals surface area contributed by atoms with Crippen molar-refractivity contribution in [3.05, 3.63) is 17.5 Å². The zero-order valence-corrected chi connectivity index (χ0v) is 13.3. The third-order valence-electron chi connectivity index (χ3n) is 4.36. The summed E-state index contributed by atoms with van der Waals surface area (Å²) in [5.74, 6) is 0.138. The molecule has 5 heteroatoms. The van der Waals surface area contributed by atoms with E-state index in [9.17, 15) is 4.79 Å². The second-order valence-electron chi connectivity index (χ2n) is 6.20. The summed E-state index contributed by atoms with van der Waals surface area (Å²) in [6.45, 7) is 5.60. The SMILES string of the molecule is Cc1cc(C)n(CCCNC(=O)C2CCCCCC2N)n1. The maximum atomic E-state index is 12.2. The van der Waals surface area contributed by atoms with E-state index in [1.165, 1.54) is 12.1 Å². The second-order valence-corrected chi connectivity index (χ2v) is 6.20. The standard InChI is InChI=1S/C16H28N4O/c1-12-11-13(2)20(19-12)10-6-9-18-16(21)14-7-4-3-5-8-15(14)17/h11,14-15H,3-10,17H2,1-2H3,(H,18,21). The lowest BCUT2D eigenvalue weighted by Gasteiger charge is -2.20. The third-order valence-corrected chi connectivity index (χ3v) is 4.36. The van der Waals surface area contributed by atoms with Crippen molar-refractivity contribution in [3.8, 4) is 0 Å². The Labute approximate surface area is 127 Å². The summed E-state index contributed by atoms with van der Waals surface area (Å²) < 4.78 is 2.00. The number of nitrogens with zero attached hydrogens (tertiary/aromatic N) is 2. The van der Waals surface area contributed by atoms with Gasteiger partial charge in [0.1, 0.15) is 0 Å². The van der Waals surface area contributed by atoms with Gasteiger partial charge in [-0.15, -0.1) is 0 Å². The molecule has 1 saturated carbocycles. The van der Waals surface area contributed by atoms with Crippen molar-refractivity contribution >= 4 is 5.91 Å². The predicted octanol–water partition coefficient (Wildman–Crippen LogP) is 1.91. The van der Waals surface area contributed by atoms with Gasteiger partial charge in [-0.25, -0.2) is 0 Å². The first-order valence-corrected chi connectivity index (χ1v) is 8.12. The molecule has 0 saturated heterocycles. The van der Waals surface area contributed by atoms with Crippen LogP contribution in [-0.2, 0) is 11.3 Å². The lowest BCUT2D eigenvalue weighted by atomic mass is 9.94. The van der Waals surface area contributed by atoms with Crippen molar-refractivity contribution in [2.75, 3.05) is 6.54 Å². The van der Waals surface area contributed by atoms with Crippen LogP contribution in [-0.4, -0.2) is 28.3 Å². The van der Waals surface area contributed by atoms with Crippen LogP contribution in [0.3, 0.4) is 0 Å². The van der Waals surface area contributed by atoms with E-state index in [0.717, 1.165) is 44.3 Å². The lowest BCUT2D eigenvalue weighted by Crippen LogP contribution is -2.41. The van der Waals surface area contributed by atoms with Gasteiger partial charge in [-0.1, -0.05) is 19.3 Å². The number of nitrogens with two attached hydrogens (primary N) is 1. The minimum Gasteiger partial charge on any atom is -0.356 e. The van der Waals surface area contributed by atoms with Crippen molar-refractivity contribution < 1.29 is 4.79 Å². The second kappa shape index (κ2) is 7.59. The van der Waals surface area contributed by atoms with E-state index in [2.05, 4.69) is 23.4 Å². The number of aromatic nitrogens is 2. The molecule has 1 aromatic rings. The van der Waals surface area contributed by atoms with Crippen molar-refractivity contribution in [3.63, 3.8) is 0 Å². The van der Waals surface area contributed by atoms with Gasteiger partial charge >= 0.3 is 0 Å². The smallest absolute Gasteiger partial charge is 0.224 e. The molecule has 1 heterocycles. The summed E-state index contributed by atoms with van der Waals surface area (Å²) in [5, 5.41) is 7.47. The van der Waals surface area contributed by atoms with Gasteiger partial charge in [-0.05, 0) is 39.2 Å². The van der Waals surface area contributed by atoms with Crippen molar-refractivity contribution in [1.29, 1.82) is 0 Å². The summed E-state index contributed by atoms with van der Waals surface area (Å²) in [4.78, 5) is 12.2. The largest absolute Gasteiger partial charge is 0.356 e. The lowest BCUT2D eigenvalue weighted by molar-refractivity contribution is -0.125. The van der Waals surface area contributed by atoms with Crippen LogP contribution in [0.5, 0.6) is 0 Å². The third kappa shape index (κ3) is 4.56. The average Bonchev–Trinajstić information content (AvgIpc) is 2.63. The van der Waals surface area contributed by atoms with Gasteiger partial charge in [0.05, 0.1) is 11.6 Å². The number of rotatable bonds is 5. The van der Waals surface area contributed by atoms with Gasteiger partial charge < -0.3 is 11.1 Å². The van der Waals surface area contributed by atoms with E-state index in [1.807, 2.05) is 11.6 Å². The molecule has 1 aliphatic rings. The van der Waals surface area contributed by atoms with Gasteiger partial charge in [0.15, 0.2) is 0 Å². The van der Waals surface area contributed by atoms with E-state index in [4.69, 9.17) is 5.73 Å². The van der Waals surface area contributed by atoms with Crippen LogP contribution in [0, 0.1) is 19.8 Å². The van der Waals surface area contributed by atoms with Crippen molar-refractivity contribution in [1.82, 2.24) is 15.1 Å². The molecule has 0 aliphatic heterocycles. The van der Waals surface area contributed by atoms with Crippen LogP contribution >= 0.6 is 0 Å². The quantitative estimate of drug-likeness (QED) is 0.643. The normalized spacial score (nSPS) is 22.8. The van der Waals surface area contributed by atoms with Crippen LogP contribution in [0.15, 0.2) is 6.07 Å². The zero-order chi connectivity index (χ0) is 15.2. The Bertz CT molecular complexity index is 469. The first kappa shape index (κ1) is 16.0. The minimum atomic E-state index is 0.00110. The number of hydrogen-bond donors (Lipinski definition) is 2. The molecule has 21 heavy (non-hydrogen) atoms. The topological polar surface area (TPSA) is 72.9 Å². The molecule has 0 spiro atoms. The Hall–Kier alpha value is -1.36. The number of carbonyl (C=O) groups is 1. The highest BCUT2D eigenvalue weighted by Gasteiger charge is 2.26. The molecule has 3 N–H and O–H groups in total. The molecule has 0 radical (unpaired) electrons. The van der Waals surface area contributed by atoms with E-state index in [1.54, 1.807) is 0 Å². The van der Waals surface area contributed by atoms with Gasteiger partial charge in [0.2, 0.25) is 5.91 Å².